The van der Waals surface area contributed by atoms with Gasteiger partial charge in [-0.15, -0.1) is 0 Å². The summed E-state index contributed by atoms with van der Waals surface area (Å²) in [5.74, 6) is 0.674. The van der Waals surface area contributed by atoms with Crippen molar-refractivity contribution in [1.29, 1.82) is 0 Å². The van der Waals surface area contributed by atoms with Gasteiger partial charge in [0.2, 0.25) is 0 Å². The Labute approximate surface area is 73.4 Å². The van der Waals surface area contributed by atoms with E-state index in [2.05, 4.69) is 31.2 Å². The van der Waals surface area contributed by atoms with Crippen molar-refractivity contribution < 1.29 is 4.74 Å². The fourth-order valence-electron chi connectivity index (χ4n) is 1.76. The van der Waals surface area contributed by atoms with Gasteiger partial charge in [-0.2, -0.15) is 0 Å². The van der Waals surface area contributed by atoms with E-state index in [4.69, 9.17) is 4.74 Å². The van der Waals surface area contributed by atoms with Crippen LogP contribution in [0, 0.1) is 5.92 Å². The Hall–Kier alpha value is -0.820. The molecule has 0 aliphatic carbocycles. The van der Waals surface area contributed by atoms with Crippen LogP contribution in [0.15, 0.2) is 30.3 Å². The molecule has 1 aromatic carbocycles. The van der Waals surface area contributed by atoms with E-state index >= 15 is 0 Å². The second-order valence-corrected chi connectivity index (χ2v) is 3.47. The van der Waals surface area contributed by atoms with E-state index in [1.165, 1.54) is 12.0 Å². The Balaban J connectivity index is 2.19. The van der Waals surface area contributed by atoms with Gasteiger partial charge in [0, 0.05) is 6.61 Å². The number of hydrogen-bond donors (Lipinski definition) is 0. The maximum Gasteiger partial charge on any atom is 0.0851 e. The Bertz CT molecular complexity index is 242. The molecule has 1 aliphatic rings. The molecule has 1 heteroatoms. The summed E-state index contributed by atoms with van der Waals surface area (Å²) in [7, 11) is 0. The minimum Gasteiger partial charge on any atom is -0.373 e. The quantitative estimate of drug-likeness (QED) is 0.617. The number of ether oxygens (including phenoxy) is 1. The van der Waals surface area contributed by atoms with Crippen molar-refractivity contribution in [2.75, 3.05) is 6.61 Å². The van der Waals surface area contributed by atoms with Gasteiger partial charge >= 0.3 is 0 Å². The predicted molar refractivity (Wildman–Crippen MR) is 48.9 cm³/mol. The van der Waals surface area contributed by atoms with E-state index in [1.54, 1.807) is 0 Å². The first kappa shape index (κ1) is 7.81. The third-order valence-corrected chi connectivity index (χ3v) is 2.52. The lowest BCUT2D eigenvalue weighted by atomic mass is 9.97. The summed E-state index contributed by atoms with van der Waals surface area (Å²) in [5.41, 5.74) is 1.32. The molecule has 0 amide bonds. The predicted octanol–water partition coefficient (Wildman–Crippen LogP) is 2.78. The molecule has 64 valence electrons. The van der Waals surface area contributed by atoms with Crippen molar-refractivity contribution in [3.05, 3.63) is 35.9 Å². The van der Waals surface area contributed by atoms with Crippen molar-refractivity contribution in [1.82, 2.24) is 0 Å². The standard InChI is InChI=1S/C11H14O/c1-9-7-8-12-11(9)10-5-3-2-4-6-10/h2-6,9,11H,7-8H2,1H3/t9-,11-/m0/s1. The van der Waals surface area contributed by atoms with Crippen LogP contribution in [-0.2, 0) is 4.74 Å². The van der Waals surface area contributed by atoms with Crippen LogP contribution in [0.3, 0.4) is 0 Å². The topological polar surface area (TPSA) is 9.23 Å². The largest absolute Gasteiger partial charge is 0.373 e. The van der Waals surface area contributed by atoms with Gasteiger partial charge in [0.25, 0.3) is 0 Å². The van der Waals surface area contributed by atoms with Crippen molar-refractivity contribution in [2.24, 2.45) is 5.92 Å². The van der Waals surface area contributed by atoms with Crippen molar-refractivity contribution in [2.45, 2.75) is 19.4 Å². The molecule has 2 rings (SSSR count). The molecule has 1 nitrogen and oxygen atoms in total. The van der Waals surface area contributed by atoms with Crippen LogP contribution in [0.25, 0.3) is 0 Å². The Morgan fingerprint density at radius 3 is 2.58 bits per heavy atom. The molecule has 1 fully saturated rings. The minimum absolute atomic E-state index is 0.339. The van der Waals surface area contributed by atoms with Crippen LogP contribution in [0.1, 0.15) is 25.0 Å². The van der Waals surface area contributed by atoms with Gasteiger partial charge in [-0.3, -0.25) is 0 Å². The molecule has 0 spiro atoms. The molecule has 0 radical (unpaired) electrons. The second-order valence-electron chi connectivity index (χ2n) is 3.47. The lowest BCUT2D eigenvalue weighted by Gasteiger charge is -2.14. The van der Waals surface area contributed by atoms with Crippen LogP contribution >= 0.6 is 0 Å². The molecular formula is C11H14O. The number of rotatable bonds is 1. The van der Waals surface area contributed by atoms with Crippen LogP contribution in [0.2, 0.25) is 0 Å². The smallest absolute Gasteiger partial charge is 0.0851 e. The fraction of sp³-hybridized carbons (Fsp3) is 0.455. The van der Waals surface area contributed by atoms with E-state index in [-0.39, 0.29) is 0 Å². The maximum atomic E-state index is 5.65. The maximum absolute atomic E-state index is 5.65. The first-order valence-corrected chi connectivity index (χ1v) is 4.54. The van der Waals surface area contributed by atoms with Gasteiger partial charge in [0.05, 0.1) is 6.10 Å². The molecule has 1 heterocycles. The molecule has 2 atom stereocenters. The molecule has 0 N–H and O–H groups in total. The molecule has 12 heavy (non-hydrogen) atoms. The van der Waals surface area contributed by atoms with Crippen LogP contribution in [-0.4, -0.2) is 6.61 Å². The van der Waals surface area contributed by atoms with E-state index in [9.17, 15) is 0 Å². The zero-order chi connectivity index (χ0) is 8.39. The van der Waals surface area contributed by atoms with E-state index in [0.29, 0.717) is 12.0 Å². The van der Waals surface area contributed by atoms with Gasteiger partial charge in [0.1, 0.15) is 0 Å². The summed E-state index contributed by atoms with van der Waals surface area (Å²) in [6, 6.07) is 10.5. The zero-order valence-electron chi connectivity index (χ0n) is 7.36. The summed E-state index contributed by atoms with van der Waals surface area (Å²) in [4.78, 5) is 0. The summed E-state index contributed by atoms with van der Waals surface area (Å²) < 4.78 is 5.65. The van der Waals surface area contributed by atoms with Crippen molar-refractivity contribution in [3.8, 4) is 0 Å². The lowest BCUT2D eigenvalue weighted by molar-refractivity contribution is 0.0945. The van der Waals surface area contributed by atoms with Crippen LogP contribution in [0.4, 0.5) is 0 Å². The number of benzene rings is 1. The highest BCUT2D eigenvalue weighted by atomic mass is 16.5. The molecule has 0 bridgehead atoms. The average molecular weight is 162 g/mol. The lowest BCUT2D eigenvalue weighted by Crippen LogP contribution is -2.02. The molecule has 1 aromatic rings. The first-order chi connectivity index (χ1) is 5.88. The first-order valence-electron chi connectivity index (χ1n) is 4.54. The van der Waals surface area contributed by atoms with Gasteiger partial charge < -0.3 is 4.74 Å². The molecule has 0 unspecified atom stereocenters. The van der Waals surface area contributed by atoms with E-state index in [1.807, 2.05) is 6.07 Å². The number of hydrogen-bond acceptors (Lipinski definition) is 1. The van der Waals surface area contributed by atoms with Crippen molar-refractivity contribution >= 4 is 0 Å². The Morgan fingerprint density at radius 1 is 1.25 bits per heavy atom. The zero-order valence-corrected chi connectivity index (χ0v) is 7.36. The molecular weight excluding hydrogens is 148 g/mol. The van der Waals surface area contributed by atoms with Crippen LogP contribution < -0.4 is 0 Å². The normalized spacial score (nSPS) is 29.1. The van der Waals surface area contributed by atoms with E-state index < -0.39 is 0 Å². The van der Waals surface area contributed by atoms with Gasteiger partial charge in [-0.1, -0.05) is 37.3 Å². The molecule has 0 saturated carbocycles. The SMILES string of the molecule is C[C@H]1CCO[C@@H]1c1ccccc1. The monoisotopic (exact) mass is 162 g/mol. The average Bonchev–Trinajstić information content (AvgIpc) is 2.53. The highest BCUT2D eigenvalue weighted by Crippen LogP contribution is 2.33. The summed E-state index contributed by atoms with van der Waals surface area (Å²) in [6.07, 6.45) is 1.53. The molecule has 1 aliphatic heterocycles. The summed E-state index contributed by atoms with van der Waals surface area (Å²) in [6.45, 7) is 3.17. The van der Waals surface area contributed by atoms with Gasteiger partial charge in [0.15, 0.2) is 0 Å². The highest BCUT2D eigenvalue weighted by Gasteiger charge is 2.25. The third kappa shape index (κ3) is 1.37. The second kappa shape index (κ2) is 3.28. The Kier molecular flexibility index (Phi) is 2.13. The fourth-order valence-corrected chi connectivity index (χ4v) is 1.76. The van der Waals surface area contributed by atoms with Crippen molar-refractivity contribution in [3.63, 3.8) is 0 Å². The minimum atomic E-state index is 0.339. The summed E-state index contributed by atoms with van der Waals surface area (Å²) >= 11 is 0. The molecule has 1 saturated heterocycles. The molecule has 0 aromatic heterocycles. The summed E-state index contributed by atoms with van der Waals surface area (Å²) in [5, 5.41) is 0. The van der Waals surface area contributed by atoms with Gasteiger partial charge in [-0.25, -0.2) is 0 Å². The van der Waals surface area contributed by atoms with Crippen LogP contribution in [0.5, 0.6) is 0 Å². The van der Waals surface area contributed by atoms with E-state index in [0.717, 1.165) is 6.61 Å². The van der Waals surface area contributed by atoms with Gasteiger partial charge in [-0.05, 0) is 17.9 Å². The highest BCUT2D eigenvalue weighted by molar-refractivity contribution is 5.18. The Morgan fingerprint density at radius 2 is 2.00 bits per heavy atom. The third-order valence-electron chi connectivity index (χ3n) is 2.52.